The van der Waals surface area contributed by atoms with Crippen molar-refractivity contribution in [3.8, 4) is 0 Å². The molecule has 0 atom stereocenters. The summed E-state index contributed by atoms with van der Waals surface area (Å²) < 4.78 is 0. The summed E-state index contributed by atoms with van der Waals surface area (Å²) >= 11 is 9.44. The topological polar surface area (TPSA) is 38.9 Å². The lowest BCUT2D eigenvalue weighted by molar-refractivity contribution is 0.968. The highest BCUT2D eigenvalue weighted by Crippen LogP contribution is 2.43. The van der Waals surface area contributed by atoms with Crippen LogP contribution in [0.15, 0.2) is 29.2 Å². The minimum atomic E-state index is 0.620. The zero-order valence-electron chi connectivity index (χ0n) is 10.4. The summed E-state index contributed by atoms with van der Waals surface area (Å²) in [6.45, 7) is 0.620. The van der Waals surface area contributed by atoms with Crippen LogP contribution in [0.2, 0.25) is 5.02 Å². The van der Waals surface area contributed by atoms with E-state index in [4.69, 9.17) is 22.3 Å². The molecule has 0 radical (unpaired) electrons. The van der Waals surface area contributed by atoms with Crippen LogP contribution in [0.3, 0.4) is 0 Å². The third-order valence-electron chi connectivity index (χ3n) is 3.10. The zero-order chi connectivity index (χ0) is 13.2. The Kier molecular flexibility index (Phi) is 4.12. The van der Waals surface area contributed by atoms with E-state index in [1.165, 1.54) is 33.3 Å². The number of aromatic nitrogens is 1. The molecule has 1 aromatic heterocycles. The van der Waals surface area contributed by atoms with Gasteiger partial charge in [0.1, 0.15) is 5.01 Å². The second-order valence-electron chi connectivity index (χ2n) is 4.64. The van der Waals surface area contributed by atoms with Gasteiger partial charge < -0.3 is 5.73 Å². The van der Waals surface area contributed by atoms with Crippen LogP contribution in [-0.2, 0) is 12.3 Å². The first kappa shape index (κ1) is 13.4. The molecular formula is C14H15ClN2S2. The molecule has 19 heavy (non-hydrogen) atoms. The van der Waals surface area contributed by atoms with Crippen LogP contribution in [0, 0.1) is 0 Å². The van der Waals surface area contributed by atoms with Crippen LogP contribution in [-0.4, -0.2) is 4.98 Å². The minimum absolute atomic E-state index is 0.620. The second-order valence-corrected chi connectivity index (χ2v) is 7.29. The number of rotatable bonds is 5. The molecule has 1 heterocycles. The Morgan fingerprint density at radius 2 is 2.05 bits per heavy atom. The van der Waals surface area contributed by atoms with Gasteiger partial charge in [-0.05, 0) is 37.1 Å². The molecule has 0 bridgehead atoms. The van der Waals surface area contributed by atoms with Gasteiger partial charge in [0.2, 0.25) is 0 Å². The maximum atomic E-state index is 5.88. The van der Waals surface area contributed by atoms with Crippen LogP contribution in [0.5, 0.6) is 0 Å². The van der Waals surface area contributed by atoms with Crippen molar-refractivity contribution in [3.63, 3.8) is 0 Å². The number of thiazole rings is 1. The molecule has 1 aliphatic carbocycles. The van der Waals surface area contributed by atoms with Gasteiger partial charge in [-0.25, -0.2) is 4.98 Å². The summed E-state index contributed by atoms with van der Waals surface area (Å²) in [5.41, 5.74) is 7.07. The van der Waals surface area contributed by atoms with Gasteiger partial charge in [0.25, 0.3) is 0 Å². The smallest absolute Gasteiger partial charge is 0.103 e. The molecule has 5 heteroatoms. The van der Waals surface area contributed by atoms with E-state index in [9.17, 15) is 0 Å². The number of hydrogen-bond acceptors (Lipinski definition) is 4. The van der Waals surface area contributed by atoms with Gasteiger partial charge >= 0.3 is 0 Å². The molecule has 2 N–H and O–H groups in total. The average molecular weight is 311 g/mol. The van der Waals surface area contributed by atoms with Crippen LogP contribution in [0.1, 0.15) is 34.3 Å². The summed E-state index contributed by atoms with van der Waals surface area (Å²) in [5.74, 6) is 1.59. The zero-order valence-corrected chi connectivity index (χ0v) is 12.8. The maximum absolute atomic E-state index is 5.88. The number of thioether (sulfide) groups is 1. The quantitative estimate of drug-likeness (QED) is 0.831. The van der Waals surface area contributed by atoms with E-state index in [1.807, 2.05) is 24.3 Å². The van der Waals surface area contributed by atoms with Crippen molar-refractivity contribution >= 4 is 34.7 Å². The molecule has 100 valence electrons. The number of benzene rings is 1. The molecule has 1 aliphatic rings. The number of halogens is 1. The van der Waals surface area contributed by atoms with Gasteiger partial charge in [-0.2, -0.15) is 0 Å². The monoisotopic (exact) mass is 310 g/mol. The lowest BCUT2D eigenvalue weighted by Gasteiger charge is -1.98. The lowest BCUT2D eigenvalue weighted by atomic mass is 10.2. The standard InChI is InChI=1S/C14H15ClN2S2/c15-10-3-5-11(6-4-10)18-8-13-17-14(9-1-2-9)12(7-16)19-13/h3-6,9H,1-2,7-8,16H2. The van der Waals surface area contributed by atoms with Crippen LogP contribution in [0.4, 0.5) is 0 Å². The van der Waals surface area contributed by atoms with E-state index in [1.54, 1.807) is 23.1 Å². The fourth-order valence-electron chi connectivity index (χ4n) is 1.97. The predicted octanol–water partition coefficient (Wildman–Crippen LogP) is 4.42. The first-order valence-corrected chi connectivity index (χ1v) is 8.51. The van der Waals surface area contributed by atoms with Gasteiger partial charge in [-0.3, -0.25) is 0 Å². The Morgan fingerprint density at radius 1 is 1.32 bits per heavy atom. The molecule has 0 unspecified atom stereocenters. The van der Waals surface area contributed by atoms with Crippen molar-refractivity contribution in [3.05, 3.63) is 44.9 Å². The third-order valence-corrected chi connectivity index (χ3v) is 5.65. The molecule has 2 nitrogen and oxygen atoms in total. The average Bonchev–Trinajstić information content (AvgIpc) is 3.19. The SMILES string of the molecule is NCc1sc(CSc2ccc(Cl)cc2)nc1C1CC1. The van der Waals surface area contributed by atoms with E-state index >= 15 is 0 Å². The highest BCUT2D eigenvalue weighted by Gasteiger charge is 2.29. The van der Waals surface area contributed by atoms with Crippen molar-refractivity contribution in [1.29, 1.82) is 0 Å². The predicted molar refractivity (Wildman–Crippen MR) is 83.0 cm³/mol. The van der Waals surface area contributed by atoms with Gasteiger partial charge in [0, 0.05) is 27.3 Å². The largest absolute Gasteiger partial charge is 0.326 e. The van der Waals surface area contributed by atoms with Crippen molar-refractivity contribution in [2.24, 2.45) is 5.73 Å². The van der Waals surface area contributed by atoms with E-state index in [-0.39, 0.29) is 0 Å². The fraction of sp³-hybridized carbons (Fsp3) is 0.357. The van der Waals surface area contributed by atoms with Crippen molar-refractivity contribution in [2.45, 2.75) is 36.0 Å². The number of nitrogens with two attached hydrogens (primary N) is 1. The minimum Gasteiger partial charge on any atom is -0.326 e. The molecule has 2 aromatic rings. The highest BCUT2D eigenvalue weighted by atomic mass is 35.5. The first-order chi connectivity index (χ1) is 9.26. The van der Waals surface area contributed by atoms with E-state index < -0.39 is 0 Å². The highest BCUT2D eigenvalue weighted by molar-refractivity contribution is 7.98. The van der Waals surface area contributed by atoms with Gasteiger partial charge in [0.05, 0.1) is 11.4 Å². The van der Waals surface area contributed by atoms with Crippen LogP contribution < -0.4 is 5.73 Å². The Balaban J connectivity index is 1.67. The number of nitrogens with zero attached hydrogens (tertiary/aromatic N) is 1. The van der Waals surface area contributed by atoms with Crippen molar-refractivity contribution < 1.29 is 0 Å². The molecule has 1 aromatic carbocycles. The summed E-state index contributed by atoms with van der Waals surface area (Å²) in [5, 5.41) is 1.96. The Bertz CT molecular complexity index is 561. The molecule has 0 spiro atoms. The molecule has 1 saturated carbocycles. The van der Waals surface area contributed by atoms with E-state index in [2.05, 4.69) is 0 Å². The molecule has 3 rings (SSSR count). The van der Waals surface area contributed by atoms with Gasteiger partial charge in [0.15, 0.2) is 0 Å². The van der Waals surface area contributed by atoms with E-state index in [0.717, 1.165) is 10.8 Å². The maximum Gasteiger partial charge on any atom is 0.103 e. The Hall–Kier alpha value is -0.550. The second kappa shape index (κ2) is 5.83. The third kappa shape index (κ3) is 3.31. The Labute approximate surface area is 126 Å². The van der Waals surface area contributed by atoms with Crippen LogP contribution in [0.25, 0.3) is 0 Å². The molecule has 1 fully saturated rings. The summed E-state index contributed by atoms with van der Waals surface area (Å²) in [6, 6.07) is 7.94. The van der Waals surface area contributed by atoms with Gasteiger partial charge in [-0.15, -0.1) is 23.1 Å². The van der Waals surface area contributed by atoms with Crippen molar-refractivity contribution in [2.75, 3.05) is 0 Å². The van der Waals surface area contributed by atoms with Crippen LogP contribution >= 0.6 is 34.7 Å². The lowest BCUT2D eigenvalue weighted by Crippen LogP contribution is -1.96. The molecular weight excluding hydrogens is 296 g/mol. The fourth-order valence-corrected chi connectivity index (χ4v) is 4.02. The van der Waals surface area contributed by atoms with Crippen molar-refractivity contribution in [1.82, 2.24) is 4.98 Å². The molecule has 0 aliphatic heterocycles. The summed E-state index contributed by atoms with van der Waals surface area (Å²) in [7, 11) is 0. The molecule has 0 amide bonds. The number of hydrogen-bond donors (Lipinski definition) is 1. The summed E-state index contributed by atoms with van der Waals surface area (Å²) in [6.07, 6.45) is 2.56. The summed E-state index contributed by atoms with van der Waals surface area (Å²) in [4.78, 5) is 7.26. The normalized spacial score (nSPS) is 14.8. The van der Waals surface area contributed by atoms with E-state index in [0.29, 0.717) is 12.5 Å². The molecule has 0 saturated heterocycles. The first-order valence-electron chi connectivity index (χ1n) is 6.33. The van der Waals surface area contributed by atoms with Gasteiger partial charge in [-0.1, -0.05) is 11.6 Å². The Morgan fingerprint density at radius 3 is 2.68 bits per heavy atom.